The fourth-order valence-electron chi connectivity index (χ4n) is 1.02. The molecule has 0 N–H and O–H groups in total. The summed E-state index contributed by atoms with van der Waals surface area (Å²) in [4.78, 5) is 0. The van der Waals surface area contributed by atoms with Crippen LogP contribution >= 0.6 is 11.6 Å². The summed E-state index contributed by atoms with van der Waals surface area (Å²) >= 11 is 5.42. The lowest BCUT2D eigenvalue weighted by molar-refractivity contribution is 0.405. The Hall–Kier alpha value is -1.09. The van der Waals surface area contributed by atoms with E-state index in [1.165, 1.54) is 7.11 Å². The van der Waals surface area contributed by atoms with Gasteiger partial charge in [0.1, 0.15) is 5.75 Å². The van der Waals surface area contributed by atoms with Crippen LogP contribution in [0.3, 0.4) is 0 Å². The summed E-state index contributed by atoms with van der Waals surface area (Å²) in [5.41, 5.74) is 0.465. The van der Waals surface area contributed by atoms with E-state index >= 15 is 0 Å². The van der Waals surface area contributed by atoms with Gasteiger partial charge in [-0.05, 0) is 6.07 Å². The Morgan fingerprint density at radius 2 is 2.00 bits per heavy atom. The van der Waals surface area contributed by atoms with Crippen molar-refractivity contribution in [3.05, 3.63) is 35.4 Å². The largest absolute Gasteiger partial charge is 0.496 e. The minimum absolute atomic E-state index is 0.283. The second-order valence-electron chi connectivity index (χ2n) is 2.56. The van der Waals surface area contributed by atoms with Crippen LogP contribution in [0.15, 0.2) is 18.2 Å². The van der Waals surface area contributed by atoms with Gasteiger partial charge in [-0.3, -0.25) is 0 Å². The molecule has 0 aromatic heterocycles. The summed E-state index contributed by atoms with van der Waals surface area (Å²) in [5, 5.41) is 0. The highest BCUT2D eigenvalue weighted by atomic mass is 35.5. The van der Waals surface area contributed by atoms with Crippen molar-refractivity contribution in [3.63, 3.8) is 0 Å². The normalized spacial score (nSPS) is 10.9. The number of ether oxygens (including phenoxy) is 1. The van der Waals surface area contributed by atoms with Crippen molar-refractivity contribution in [2.45, 2.75) is 0 Å². The van der Waals surface area contributed by atoms with E-state index in [9.17, 15) is 8.78 Å². The Morgan fingerprint density at radius 1 is 1.36 bits per heavy atom. The minimum Gasteiger partial charge on any atom is -0.496 e. The number of hydrogen-bond acceptors (Lipinski definition) is 1. The quantitative estimate of drug-likeness (QED) is 0.708. The van der Waals surface area contributed by atoms with Gasteiger partial charge in [0.15, 0.2) is 11.6 Å². The second-order valence-corrected chi connectivity index (χ2v) is 2.87. The van der Waals surface area contributed by atoms with Crippen molar-refractivity contribution < 1.29 is 13.5 Å². The van der Waals surface area contributed by atoms with E-state index in [-0.39, 0.29) is 5.75 Å². The smallest absolute Gasteiger partial charge is 0.162 e. The Labute approximate surface area is 85.9 Å². The van der Waals surface area contributed by atoms with Crippen LogP contribution in [0.25, 0.3) is 6.08 Å². The van der Waals surface area contributed by atoms with Gasteiger partial charge in [-0.1, -0.05) is 12.2 Å². The Balaban J connectivity index is 3.13. The summed E-state index contributed by atoms with van der Waals surface area (Å²) < 4.78 is 30.5. The molecule has 0 saturated heterocycles. The van der Waals surface area contributed by atoms with Crippen molar-refractivity contribution in [1.82, 2.24) is 0 Å². The lowest BCUT2D eigenvalue weighted by Crippen LogP contribution is -1.92. The van der Waals surface area contributed by atoms with Crippen LogP contribution in [-0.4, -0.2) is 13.0 Å². The van der Waals surface area contributed by atoms with Gasteiger partial charge in [-0.15, -0.1) is 11.6 Å². The molecule has 1 aromatic rings. The molecule has 0 spiro atoms. The first-order valence-electron chi connectivity index (χ1n) is 3.94. The number of alkyl halides is 1. The molecule has 0 amide bonds. The summed E-state index contributed by atoms with van der Waals surface area (Å²) in [7, 11) is 1.39. The first-order chi connectivity index (χ1) is 6.69. The molecule has 1 rings (SSSR count). The third-order valence-electron chi connectivity index (χ3n) is 1.66. The van der Waals surface area contributed by atoms with E-state index in [0.29, 0.717) is 11.4 Å². The van der Waals surface area contributed by atoms with E-state index in [4.69, 9.17) is 16.3 Å². The van der Waals surface area contributed by atoms with Crippen LogP contribution in [-0.2, 0) is 0 Å². The molecule has 0 aliphatic rings. The number of hydrogen-bond donors (Lipinski definition) is 0. The second kappa shape index (κ2) is 4.96. The molecule has 76 valence electrons. The monoisotopic (exact) mass is 218 g/mol. The number of rotatable bonds is 3. The zero-order valence-corrected chi connectivity index (χ0v) is 8.31. The minimum atomic E-state index is -0.926. The van der Waals surface area contributed by atoms with E-state index in [1.807, 2.05) is 0 Å². The van der Waals surface area contributed by atoms with Crippen LogP contribution in [0.1, 0.15) is 5.56 Å². The zero-order valence-electron chi connectivity index (χ0n) is 7.56. The Kier molecular flexibility index (Phi) is 3.89. The van der Waals surface area contributed by atoms with Crippen LogP contribution in [0, 0.1) is 11.6 Å². The molecular formula is C10H9ClF2O. The fourth-order valence-corrected chi connectivity index (χ4v) is 1.11. The lowest BCUT2D eigenvalue weighted by Gasteiger charge is -2.05. The van der Waals surface area contributed by atoms with Crippen molar-refractivity contribution in [1.29, 1.82) is 0 Å². The van der Waals surface area contributed by atoms with Gasteiger partial charge in [0.05, 0.1) is 7.11 Å². The zero-order chi connectivity index (χ0) is 10.6. The molecule has 0 bridgehead atoms. The maximum absolute atomic E-state index is 12.8. The third kappa shape index (κ3) is 2.45. The van der Waals surface area contributed by atoms with E-state index in [1.54, 1.807) is 12.2 Å². The van der Waals surface area contributed by atoms with Crippen LogP contribution in [0.4, 0.5) is 8.78 Å². The highest BCUT2D eigenvalue weighted by molar-refractivity contribution is 6.19. The van der Waals surface area contributed by atoms with Gasteiger partial charge >= 0.3 is 0 Å². The molecule has 0 aliphatic heterocycles. The highest BCUT2D eigenvalue weighted by Crippen LogP contribution is 2.23. The van der Waals surface area contributed by atoms with E-state index in [2.05, 4.69) is 0 Å². The third-order valence-corrected chi connectivity index (χ3v) is 1.84. The van der Waals surface area contributed by atoms with Crippen molar-refractivity contribution in [2.75, 3.05) is 13.0 Å². The molecule has 0 unspecified atom stereocenters. The summed E-state index contributed by atoms with van der Waals surface area (Å²) in [6.45, 7) is 0. The van der Waals surface area contributed by atoms with Crippen molar-refractivity contribution in [3.8, 4) is 5.75 Å². The standard InChI is InChI=1S/C10H9ClF2O/c1-14-10-6-9(13)8(12)5-7(10)3-2-4-11/h2-3,5-6H,4H2,1H3. The molecular weight excluding hydrogens is 210 g/mol. The summed E-state index contributed by atoms with van der Waals surface area (Å²) in [5.74, 6) is -1.24. The van der Waals surface area contributed by atoms with E-state index < -0.39 is 11.6 Å². The number of halogens is 3. The molecule has 0 aliphatic carbocycles. The Morgan fingerprint density at radius 3 is 2.57 bits per heavy atom. The van der Waals surface area contributed by atoms with Gasteiger partial charge in [-0.25, -0.2) is 8.78 Å². The number of allylic oxidation sites excluding steroid dienone is 1. The molecule has 1 nitrogen and oxygen atoms in total. The van der Waals surface area contributed by atoms with Crippen molar-refractivity contribution in [2.24, 2.45) is 0 Å². The Bertz CT molecular complexity index is 350. The average molecular weight is 219 g/mol. The van der Waals surface area contributed by atoms with Crippen LogP contribution < -0.4 is 4.74 Å². The maximum Gasteiger partial charge on any atom is 0.162 e. The van der Waals surface area contributed by atoms with Gasteiger partial charge in [0, 0.05) is 17.5 Å². The summed E-state index contributed by atoms with van der Waals surface area (Å²) in [6, 6.07) is 2.07. The molecule has 0 fully saturated rings. The van der Waals surface area contributed by atoms with Crippen LogP contribution in [0.5, 0.6) is 5.75 Å². The molecule has 1 aromatic carbocycles. The lowest BCUT2D eigenvalue weighted by atomic mass is 10.2. The number of benzene rings is 1. The first kappa shape index (κ1) is 11.0. The molecule has 14 heavy (non-hydrogen) atoms. The van der Waals surface area contributed by atoms with Gasteiger partial charge in [0.2, 0.25) is 0 Å². The van der Waals surface area contributed by atoms with E-state index in [0.717, 1.165) is 12.1 Å². The average Bonchev–Trinajstić information content (AvgIpc) is 2.19. The van der Waals surface area contributed by atoms with Gasteiger partial charge < -0.3 is 4.74 Å². The highest BCUT2D eigenvalue weighted by Gasteiger charge is 2.07. The maximum atomic E-state index is 12.8. The summed E-state index contributed by atoms with van der Waals surface area (Å²) in [6.07, 6.45) is 3.20. The molecule has 0 heterocycles. The fraction of sp³-hybridized carbons (Fsp3) is 0.200. The number of methoxy groups -OCH3 is 1. The van der Waals surface area contributed by atoms with Crippen molar-refractivity contribution >= 4 is 17.7 Å². The predicted octanol–water partition coefficient (Wildman–Crippen LogP) is 3.23. The first-order valence-corrected chi connectivity index (χ1v) is 4.48. The predicted molar refractivity (Wildman–Crippen MR) is 52.7 cm³/mol. The van der Waals surface area contributed by atoms with Gasteiger partial charge in [0.25, 0.3) is 0 Å². The van der Waals surface area contributed by atoms with Gasteiger partial charge in [-0.2, -0.15) is 0 Å². The molecule has 4 heteroatoms. The molecule has 0 atom stereocenters. The topological polar surface area (TPSA) is 9.23 Å². The molecule has 0 radical (unpaired) electrons. The SMILES string of the molecule is COc1cc(F)c(F)cc1C=CCCl. The molecule has 0 saturated carbocycles. The van der Waals surface area contributed by atoms with Crippen LogP contribution in [0.2, 0.25) is 0 Å².